The average molecular weight is 356 g/mol. The number of likely N-dealkylation sites (tertiary alicyclic amines) is 1. The molecule has 1 saturated heterocycles. The second-order valence-electron chi connectivity index (χ2n) is 7.05. The largest absolute Gasteiger partial charge is 0.327 e. The molecule has 1 heterocycles. The van der Waals surface area contributed by atoms with Crippen LogP contribution in [0.4, 0.5) is 4.79 Å². The highest BCUT2D eigenvalue weighted by Crippen LogP contribution is 2.28. The third-order valence-electron chi connectivity index (χ3n) is 5.28. The smallest absolute Gasteiger partial charge is 0.318 e. The van der Waals surface area contributed by atoms with Crippen molar-refractivity contribution in [1.82, 2.24) is 10.2 Å². The molecule has 0 aromatic heterocycles. The van der Waals surface area contributed by atoms with Gasteiger partial charge in [0, 0.05) is 19.0 Å². The Labute approximate surface area is 160 Å². The van der Waals surface area contributed by atoms with Gasteiger partial charge in [-0.2, -0.15) is 0 Å². The second kappa shape index (κ2) is 8.09. The van der Waals surface area contributed by atoms with Gasteiger partial charge in [-0.3, -0.25) is 0 Å². The quantitative estimate of drug-likeness (QED) is 0.703. The number of nitrogens with one attached hydrogen (secondary N) is 1. The van der Waals surface area contributed by atoms with Crippen LogP contribution in [0, 0.1) is 0 Å². The molecule has 2 amide bonds. The van der Waals surface area contributed by atoms with Crippen LogP contribution in [0.15, 0.2) is 91.0 Å². The highest BCUT2D eigenvalue weighted by Gasteiger charge is 2.28. The summed E-state index contributed by atoms with van der Waals surface area (Å²) in [6.07, 6.45) is 1.01. The number of benzene rings is 3. The van der Waals surface area contributed by atoms with Gasteiger partial charge in [0.1, 0.15) is 0 Å². The van der Waals surface area contributed by atoms with Crippen molar-refractivity contribution in [3.63, 3.8) is 0 Å². The Morgan fingerprint density at radius 1 is 0.815 bits per heavy atom. The fourth-order valence-corrected chi connectivity index (χ4v) is 3.81. The van der Waals surface area contributed by atoms with Gasteiger partial charge in [0.2, 0.25) is 0 Å². The van der Waals surface area contributed by atoms with Crippen LogP contribution in [0.2, 0.25) is 0 Å². The van der Waals surface area contributed by atoms with Gasteiger partial charge in [-0.1, -0.05) is 91.0 Å². The number of carbonyl (C=O) groups excluding carboxylic acids is 1. The summed E-state index contributed by atoms with van der Waals surface area (Å²) in [5.74, 6) is 0.420. The Morgan fingerprint density at radius 2 is 1.33 bits per heavy atom. The van der Waals surface area contributed by atoms with Gasteiger partial charge in [-0.05, 0) is 23.1 Å². The lowest BCUT2D eigenvalue weighted by Crippen LogP contribution is -2.40. The molecule has 0 aliphatic carbocycles. The minimum atomic E-state index is -0.143. The first-order valence-electron chi connectivity index (χ1n) is 9.51. The molecule has 1 aliphatic rings. The Morgan fingerprint density at radius 3 is 1.89 bits per heavy atom. The topological polar surface area (TPSA) is 32.3 Å². The molecule has 0 saturated carbocycles. The maximum atomic E-state index is 13.0. The van der Waals surface area contributed by atoms with Gasteiger partial charge in [0.25, 0.3) is 0 Å². The molecule has 0 radical (unpaired) electrons. The molecule has 27 heavy (non-hydrogen) atoms. The molecular formula is C24H24N2O. The summed E-state index contributed by atoms with van der Waals surface area (Å²) in [5.41, 5.74) is 3.50. The first kappa shape index (κ1) is 17.3. The zero-order valence-electron chi connectivity index (χ0n) is 15.3. The van der Waals surface area contributed by atoms with E-state index in [1.54, 1.807) is 0 Å². The highest BCUT2D eigenvalue weighted by atomic mass is 16.2. The van der Waals surface area contributed by atoms with E-state index in [0.717, 1.165) is 30.6 Å². The van der Waals surface area contributed by atoms with Crippen molar-refractivity contribution >= 4 is 6.03 Å². The lowest BCUT2D eigenvalue weighted by Gasteiger charge is -2.24. The van der Waals surface area contributed by atoms with E-state index in [1.807, 2.05) is 47.4 Å². The van der Waals surface area contributed by atoms with Crippen LogP contribution >= 0.6 is 0 Å². The molecule has 1 fully saturated rings. The van der Waals surface area contributed by atoms with Gasteiger partial charge in [0.15, 0.2) is 0 Å². The molecular weight excluding hydrogens is 332 g/mol. The number of amides is 2. The first-order chi connectivity index (χ1) is 13.3. The molecule has 1 aliphatic heterocycles. The molecule has 3 aromatic carbocycles. The molecule has 3 nitrogen and oxygen atoms in total. The zero-order valence-corrected chi connectivity index (χ0v) is 15.3. The normalized spacial score (nSPS) is 16.5. The van der Waals surface area contributed by atoms with E-state index in [4.69, 9.17) is 0 Å². The van der Waals surface area contributed by atoms with Crippen LogP contribution in [0.3, 0.4) is 0 Å². The van der Waals surface area contributed by atoms with E-state index in [1.165, 1.54) is 5.56 Å². The van der Waals surface area contributed by atoms with Gasteiger partial charge in [-0.25, -0.2) is 4.79 Å². The van der Waals surface area contributed by atoms with Crippen molar-refractivity contribution in [2.24, 2.45) is 0 Å². The monoisotopic (exact) mass is 356 g/mol. The van der Waals surface area contributed by atoms with Crippen molar-refractivity contribution in [3.05, 3.63) is 108 Å². The molecule has 4 rings (SSSR count). The molecule has 0 bridgehead atoms. The van der Waals surface area contributed by atoms with Gasteiger partial charge < -0.3 is 10.2 Å². The van der Waals surface area contributed by atoms with Crippen molar-refractivity contribution in [3.8, 4) is 0 Å². The van der Waals surface area contributed by atoms with E-state index in [2.05, 4.69) is 53.8 Å². The lowest BCUT2D eigenvalue weighted by molar-refractivity contribution is 0.205. The summed E-state index contributed by atoms with van der Waals surface area (Å²) >= 11 is 0. The number of hydrogen-bond acceptors (Lipinski definition) is 1. The standard InChI is InChI=1S/C24H24N2O/c27-24(26-17-16-22(18-26)19-10-4-1-5-11-19)25-23(20-12-6-2-7-13-20)21-14-8-3-9-15-21/h1-15,22-23H,16-18H2,(H,25,27)/t22-/m1/s1. The summed E-state index contributed by atoms with van der Waals surface area (Å²) in [7, 11) is 0. The van der Waals surface area contributed by atoms with Gasteiger partial charge in [0.05, 0.1) is 6.04 Å². The lowest BCUT2D eigenvalue weighted by atomic mass is 9.98. The van der Waals surface area contributed by atoms with Gasteiger partial charge >= 0.3 is 6.03 Å². The van der Waals surface area contributed by atoms with Crippen LogP contribution in [-0.4, -0.2) is 24.0 Å². The number of hydrogen-bond donors (Lipinski definition) is 1. The average Bonchev–Trinajstić information content (AvgIpc) is 3.24. The number of nitrogens with zero attached hydrogens (tertiary/aromatic N) is 1. The third kappa shape index (κ3) is 4.03. The van der Waals surface area contributed by atoms with E-state index >= 15 is 0 Å². The second-order valence-corrected chi connectivity index (χ2v) is 7.05. The van der Waals surface area contributed by atoms with E-state index in [9.17, 15) is 4.79 Å². The van der Waals surface area contributed by atoms with Crippen molar-refractivity contribution in [2.45, 2.75) is 18.4 Å². The minimum Gasteiger partial charge on any atom is -0.327 e. The Balaban J connectivity index is 1.49. The molecule has 1 N–H and O–H groups in total. The van der Waals surface area contributed by atoms with Crippen molar-refractivity contribution < 1.29 is 4.79 Å². The maximum Gasteiger partial charge on any atom is 0.318 e. The number of carbonyl (C=O) groups is 1. The van der Waals surface area contributed by atoms with E-state index in [0.29, 0.717) is 5.92 Å². The molecule has 136 valence electrons. The summed E-state index contributed by atoms with van der Waals surface area (Å²) in [6.45, 7) is 1.56. The first-order valence-corrected chi connectivity index (χ1v) is 9.51. The number of urea groups is 1. The van der Waals surface area contributed by atoms with Crippen LogP contribution in [-0.2, 0) is 0 Å². The molecule has 0 unspecified atom stereocenters. The van der Waals surface area contributed by atoms with Crippen LogP contribution in [0.1, 0.15) is 35.1 Å². The van der Waals surface area contributed by atoms with Crippen molar-refractivity contribution in [2.75, 3.05) is 13.1 Å². The predicted octanol–water partition coefficient (Wildman–Crippen LogP) is 4.98. The summed E-state index contributed by atoms with van der Waals surface area (Å²) in [5, 5.41) is 3.25. The van der Waals surface area contributed by atoms with Crippen LogP contribution in [0.25, 0.3) is 0 Å². The van der Waals surface area contributed by atoms with Gasteiger partial charge in [-0.15, -0.1) is 0 Å². The summed E-state index contributed by atoms with van der Waals surface area (Å²) in [6, 6.07) is 30.6. The SMILES string of the molecule is O=C(NC(c1ccccc1)c1ccccc1)N1CC[C@@H](c2ccccc2)C1. The fourth-order valence-electron chi connectivity index (χ4n) is 3.81. The third-order valence-corrected chi connectivity index (χ3v) is 5.28. The predicted molar refractivity (Wildman–Crippen MR) is 109 cm³/mol. The minimum absolute atomic E-state index is 0.00568. The Bertz CT molecular complexity index is 825. The van der Waals surface area contributed by atoms with Crippen LogP contribution in [0.5, 0.6) is 0 Å². The summed E-state index contributed by atoms with van der Waals surface area (Å²) in [4.78, 5) is 14.9. The molecule has 3 aromatic rings. The number of rotatable bonds is 4. The Kier molecular flexibility index (Phi) is 5.20. The molecule has 1 atom stereocenters. The fraction of sp³-hybridized carbons (Fsp3) is 0.208. The van der Waals surface area contributed by atoms with E-state index in [-0.39, 0.29) is 12.1 Å². The van der Waals surface area contributed by atoms with Crippen LogP contribution < -0.4 is 5.32 Å². The highest BCUT2D eigenvalue weighted by molar-refractivity contribution is 5.75. The Hall–Kier alpha value is -3.07. The maximum absolute atomic E-state index is 13.0. The van der Waals surface area contributed by atoms with E-state index < -0.39 is 0 Å². The molecule has 0 spiro atoms. The van der Waals surface area contributed by atoms with Crippen molar-refractivity contribution in [1.29, 1.82) is 0 Å². The molecule has 3 heteroatoms. The zero-order chi connectivity index (χ0) is 18.5. The summed E-state index contributed by atoms with van der Waals surface area (Å²) < 4.78 is 0.